The van der Waals surface area contributed by atoms with E-state index in [9.17, 15) is 41.4 Å². The molecule has 1 aliphatic carbocycles. The fraction of sp³-hybridized carbons (Fsp3) is 0.412. The third-order valence-electron chi connectivity index (χ3n) is 4.40. The van der Waals surface area contributed by atoms with Crippen molar-refractivity contribution in [2.24, 2.45) is 5.73 Å². The molecule has 0 fully saturated rings. The second-order valence-corrected chi connectivity index (χ2v) is 8.44. The van der Waals surface area contributed by atoms with Gasteiger partial charge in [0.25, 0.3) is 0 Å². The molecule has 1 aromatic carbocycles. The van der Waals surface area contributed by atoms with Crippen LogP contribution in [0, 0.1) is 0 Å². The van der Waals surface area contributed by atoms with Crippen LogP contribution in [0.25, 0.3) is 0 Å². The number of nitrogens with one attached hydrogen (secondary N) is 2. The minimum Gasteiger partial charge on any atom is -0.390 e. The first-order valence-corrected chi connectivity index (χ1v) is 10.1. The van der Waals surface area contributed by atoms with Crippen LogP contribution in [0.3, 0.4) is 0 Å². The Morgan fingerprint density at radius 3 is 2.47 bits per heavy atom. The third-order valence-corrected chi connectivity index (χ3v) is 5.86. The van der Waals surface area contributed by atoms with Crippen LogP contribution in [0.15, 0.2) is 40.8 Å². The summed E-state index contributed by atoms with van der Waals surface area (Å²) >= 11 is 0. The summed E-state index contributed by atoms with van der Waals surface area (Å²) in [6.07, 6.45) is -7.32. The van der Waals surface area contributed by atoms with Crippen LogP contribution in [0.4, 0.5) is 13.2 Å². The van der Waals surface area contributed by atoms with Crippen molar-refractivity contribution in [2.45, 2.75) is 48.7 Å². The van der Waals surface area contributed by atoms with Crippen molar-refractivity contribution < 1.29 is 41.4 Å². The van der Waals surface area contributed by atoms with E-state index in [0.717, 1.165) is 18.2 Å². The molecule has 6 N–H and O–H groups in total. The molecule has 0 bridgehead atoms. The highest BCUT2D eigenvalue weighted by atomic mass is 32.2. The van der Waals surface area contributed by atoms with Gasteiger partial charge >= 0.3 is 6.18 Å². The van der Waals surface area contributed by atoms with E-state index in [4.69, 9.17) is 5.73 Å². The lowest BCUT2D eigenvalue weighted by Gasteiger charge is -2.31. The summed E-state index contributed by atoms with van der Waals surface area (Å²) < 4.78 is 65.6. The van der Waals surface area contributed by atoms with Crippen LogP contribution in [-0.2, 0) is 25.8 Å². The van der Waals surface area contributed by atoms with E-state index in [1.165, 1.54) is 6.92 Å². The molecule has 0 saturated carbocycles. The maximum absolute atomic E-state index is 12.9. The number of hydrogen-bond donors (Lipinski definition) is 5. The average molecular weight is 451 g/mol. The molecule has 2 rings (SSSR count). The first-order valence-electron chi connectivity index (χ1n) is 8.59. The molecule has 30 heavy (non-hydrogen) atoms. The van der Waals surface area contributed by atoms with Gasteiger partial charge in [0.05, 0.1) is 22.6 Å². The third kappa shape index (κ3) is 5.56. The van der Waals surface area contributed by atoms with Crippen LogP contribution < -0.4 is 15.8 Å². The molecule has 9 nitrogen and oxygen atoms in total. The van der Waals surface area contributed by atoms with Crippen molar-refractivity contribution in [1.29, 1.82) is 0 Å². The second-order valence-electron chi connectivity index (χ2n) is 6.72. The minimum absolute atomic E-state index is 0.141. The normalized spacial score (nSPS) is 23.4. The number of aliphatic hydroxyl groups excluding tert-OH is 2. The molecule has 2 amide bonds. The van der Waals surface area contributed by atoms with E-state index in [1.54, 1.807) is 0 Å². The number of carbonyl (C=O) groups excluding carboxylic acids is 2. The number of halogens is 3. The number of alkyl halides is 3. The maximum Gasteiger partial charge on any atom is 0.416 e. The lowest BCUT2D eigenvalue weighted by atomic mass is 9.90. The maximum atomic E-state index is 12.9. The number of amides is 2. The largest absolute Gasteiger partial charge is 0.416 e. The summed E-state index contributed by atoms with van der Waals surface area (Å²) in [5.74, 6) is -1.65. The summed E-state index contributed by atoms with van der Waals surface area (Å²) in [6, 6.07) is 0.374. The number of aliphatic hydroxyl groups is 2. The fourth-order valence-corrected chi connectivity index (χ4v) is 3.93. The Balaban J connectivity index is 2.30. The fourth-order valence-electron chi connectivity index (χ4n) is 2.69. The van der Waals surface area contributed by atoms with E-state index in [2.05, 4.69) is 5.32 Å². The number of nitrogens with two attached hydrogens (primary N) is 1. The van der Waals surface area contributed by atoms with E-state index in [1.807, 2.05) is 4.72 Å². The molecule has 0 unspecified atom stereocenters. The molecular weight excluding hydrogens is 431 g/mol. The number of primary amides is 1. The lowest BCUT2D eigenvalue weighted by Crippen LogP contribution is -2.51. The predicted octanol–water partition coefficient (Wildman–Crippen LogP) is -0.606. The van der Waals surface area contributed by atoms with Crippen molar-refractivity contribution in [3.63, 3.8) is 0 Å². The summed E-state index contributed by atoms with van der Waals surface area (Å²) in [4.78, 5) is 22.6. The second kappa shape index (κ2) is 8.71. The van der Waals surface area contributed by atoms with Gasteiger partial charge in [-0.2, -0.15) is 13.2 Å². The van der Waals surface area contributed by atoms with Crippen molar-refractivity contribution in [1.82, 2.24) is 10.0 Å². The number of benzene rings is 1. The van der Waals surface area contributed by atoms with Gasteiger partial charge in [0, 0.05) is 12.0 Å². The minimum atomic E-state index is -4.77. The zero-order valence-corrected chi connectivity index (χ0v) is 16.4. The highest BCUT2D eigenvalue weighted by Crippen LogP contribution is 2.30. The molecule has 0 aliphatic heterocycles. The van der Waals surface area contributed by atoms with E-state index in [-0.39, 0.29) is 12.0 Å². The molecule has 1 aliphatic rings. The van der Waals surface area contributed by atoms with Gasteiger partial charge in [0.15, 0.2) is 0 Å². The molecule has 0 spiro atoms. The van der Waals surface area contributed by atoms with Crippen LogP contribution in [0.1, 0.15) is 18.9 Å². The van der Waals surface area contributed by atoms with Gasteiger partial charge in [-0.05, 0) is 25.1 Å². The quantitative estimate of drug-likeness (QED) is 0.388. The van der Waals surface area contributed by atoms with E-state index >= 15 is 0 Å². The summed E-state index contributed by atoms with van der Waals surface area (Å²) in [7, 11) is -4.56. The van der Waals surface area contributed by atoms with Gasteiger partial charge in [-0.25, -0.2) is 13.1 Å². The van der Waals surface area contributed by atoms with E-state index in [0.29, 0.717) is 12.1 Å². The Kier molecular flexibility index (Phi) is 6.91. The zero-order valence-electron chi connectivity index (χ0n) is 15.6. The summed E-state index contributed by atoms with van der Waals surface area (Å²) in [5, 5.41) is 22.3. The number of rotatable bonds is 6. The van der Waals surface area contributed by atoms with Gasteiger partial charge in [-0.15, -0.1) is 0 Å². The molecule has 1 aromatic rings. The Morgan fingerprint density at radius 1 is 1.27 bits per heavy atom. The van der Waals surface area contributed by atoms with Crippen molar-refractivity contribution >= 4 is 21.8 Å². The van der Waals surface area contributed by atoms with Crippen LogP contribution in [-0.4, -0.2) is 54.7 Å². The zero-order chi connectivity index (χ0) is 22.9. The van der Waals surface area contributed by atoms with E-state index < -0.39 is 62.8 Å². The van der Waals surface area contributed by atoms with Crippen LogP contribution in [0.2, 0.25) is 0 Å². The summed E-state index contributed by atoms with van der Waals surface area (Å²) in [5.41, 5.74) is 3.72. The first kappa shape index (κ1) is 23.8. The monoisotopic (exact) mass is 451 g/mol. The predicted molar refractivity (Wildman–Crippen MR) is 97.1 cm³/mol. The Labute approximate surface area is 169 Å². The van der Waals surface area contributed by atoms with Crippen molar-refractivity contribution in [3.05, 3.63) is 41.5 Å². The molecular formula is C17H20F3N3O6S. The number of carbonyl (C=O) groups is 2. The molecule has 0 radical (unpaired) electrons. The highest BCUT2D eigenvalue weighted by Gasteiger charge is 2.37. The van der Waals surface area contributed by atoms with Gasteiger partial charge < -0.3 is 21.3 Å². The van der Waals surface area contributed by atoms with Gasteiger partial charge in [-0.1, -0.05) is 12.1 Å². The van der Waals surface area contributed by atoms with Crippen LogP contribution >= 0.6 is 0 Å². The number of sulfonamides is 1. The smallest absolute Gasteiger partial charge is 0.390 e. The Morgan fingerprint density at radius 2 is 1.90 bits per heavy atom. The first-order chi connectivity index (χ1) is 13.7. The van der Waals surface area contributed by atoms with Crippen LogP contribution in [0.5, 0.6) is 0 Å². The Hall–Kier alpha value is -2.48. The summed E-state index contributed by atoms with van der Waals surface area (Å²) in [6.45, 7) is 1.31. The van der Waals surface area contributed by atoms with Gasteiger partial charge in [0.2, 0.25) is 21.8 Å². The van der Waals surface area contributed by atoms with Crippen molar-refractivity contribution in [2.75, 3.05) is 0 Å². The standard InChI is InChI=1S/C17H20F3N3O6S/c1-8(15(21)26)22-16(27)9-5-12(14(25)13(24)6-9)23-30(28,29)11-4-2-3-10(7-11)17(18,19)20/h2-5,7-8,12-14,23-25H,6H2,1H3,(H2,21,26)(H,22,27)/t8-,12-,13-,14-/m1/s1. The van der Waals surface area contributed by atoms with Gasteiger partial charge in [0.1, 0.15) is 12.1 Å². The SMILES string of the molecule is C[C@@H](NC(=O)C1=C[C@@H](NS(=O)(=O)c2cccc(C(F)(F)F)c2)[C@@H](O)[C@H](O)C1)C(N)=O. The average Bonchev–Trinajstić information content (AvgIpc) is 2.64. The molecule has 13 heteroatoms. The topological polar surface area (TPSA) is 159 Å². The highest BCUT2D eigenvalue weighted by molar-refractivity contribution is 7.89. The molecule has 0 saturated heterocycles. The van der Waals surface area contributed by atoms with Gasteiger partial charge in [-0.3, -0.25) is 9.59 Å². The molecule has 0 aromatic heterocycles. The Bertz CT molecular complexity index is 964. The lowest BCUT2D eigenvalue weighted by molar-refractivity contribution is -0.137. The molecule has 166 valence electrons. The van der Waals surface area contributed by atoms with Crippen molar-refractivity contribution in [3.8, 4) is 0 Å². The number of hydrogen-bond acceptors (Lipinski definition) is 6. The molecule has 4 atom stereocenters. The molecule has 0 heterocycles.